The van der Waals surface area contributed by atoms with Crippen LogP contribution in [0.25, 0.3) is 0 Å². The summed E-state index contributed by atoms with van der Waals surface area (Å²) in [6, 6.07) is 2.30. The Hall–Kier alpha value is -1.36. The van der Waals surface area contributed by atoms with Gasteiger partial charge in [0, 0.05) is 19.6 Å². The third kappa shape index (κ3) is 3.56. The van der Waals surface area contributed by atoms with E-state index in [1.54, 1.807) is 0 Å². The number of aromatic nitrogens is 2. The predicted octanol–water partition coefficient (Wildman–Crippen LogP) is 1.81. The number of aryl methyl sites for hydroxylation is 2. The van der Waals surface area contributed by atoms with Crippen LogP contribution in [0.4, 0.5) is 0 Å². The molecule has 1 aromatic heterocycles. The Balaban J connectivity index is 2.05. The quantitative estimate of drug-likeness (QED) is 0.882. The smallest absolute Gasteiger partial charge is 0.304 e. The van der Waals surface area contributed by atoms with Crippen LogP contribution in [0.1, 0.15) is 44.0 Å². The van der Waals surface area contributed by atoms with Crippen molar-refractivity contribution in [3.63, 3.8) is 0 Å². The van der Waals surface area contributed by atoms with E-state index in [2.05, 4.69) is 23.0 Å². The Kier molecular flexibility index (Phi) is 4.58. The van der Waals surface area contributed by atoms with Gasteiger partial charge in [-0.15, -0.1) is 0 Å². The van der Waals surface area contributed by atoms with E-state index >= 15 is 0 Å². The molecule has 1 aromatic rings. The van der Waals surface area contributed by atoms with E-state index in [9.17, 15) is 4.79 Å². The molecule has 1 atom stereocenters. The van der Waals surface area contributed by atoms with Crippen molar-refractivity contribution in [1.82, 2.24) is 14.7 Å². The number of hydrogen-bond donors (Lipinski definition) is 1. The van der Waals surface area contributed by atoms with Crippen LogP contribution < -0.4 is 0 Å². The first kappa shape index (κ1) is 14.1. The van der Waals surface area contributed by atoms with Gasteiger partial charge < -0.3 is 5.11 Å². The summed E-state index contributed by atoms with van der Waals surface area (Å²) in [5, 5.41) is 13.5. The molecule has 19 heavy (non-hydrogen) atoms. The van der Waals surface area contributed by atoms with E-state index in [1.807, 2.05) is 11.7 Å². The van der Waals surface area contributed by atoms with E-state index in [-0.39, 0.29) is 12.5 Å². The summed E-state index contributed by atoms with van der Waals surface area (Å²) in [7, 11) is 1.96. The summed E-state index contributed by atoms with van der Waals surface area (Å²) < 4.78 is 1.92. The lowest BCUT2D eigenvalue weighted by molar-refractivity contribution is -0.138. The SMILES string of the molecule is CCc1cc(CN2CCCCC2CC(=O)O)n(C)n1. The van der Waals surface area contributed by atoms with E-state index in [1.165, 1.54) is 5.69 Å². The molecule has 0 aliphatic carbocycles. The first-order valence-corrected chi connectivity index (χ1v) is 7.07. The van der Waals surface area contributed by atoms with Gasteiger partial charge >= 0.3 is 5.97 Å². The zero-order valence-corrected chi connectivity index (χ0v) is 11.8. The van der Waals surface area contributed by atoms with Gasteiger partial charge in [-0.25, -0.2) is 0 Å². The molecule has 1 fully saturated rings. The van der Waals surface area contributed by atoms with Gasteiger partial charge in [-0.2, -0.15) is 5.10 Å². The Labute approximate surface area is 114 Å². The topological polar surface area (TPSA) is 58.4 Å². The van der Waals surface area contributed by atoms with Gasteiger partial charge in [0.2, 0.25) is 0 Å². The van der Waals surface area contributed by atoms with Gasteiger partial charge in [0.05, 0.1) is 17.8 Å². The summed E-state index contributed by atoms with van der Waals surface area (Å²) >= 11 is 0. The molecule has 1 saturated heterocycles. The molecule has 0 radical (unpaired) electrons. The minimum atomic E-state index is -0.698. The number of hydrogen-bond acceptors (Lipinski definition) is 3. The fourth-order valence-electron chi connectivity index (χ4n) is 2.80. The van der Waals surface area contributed by atoms with Gasteiger partial charge in [-0.3, -0.25) is 14.4 Å². The molecule has 0 amide bonds. The second-order valence-electron chi connectivity index (χ2n) is 5.32. The summed E-state index contributed by atoms with van der Waals surface area (Å²) in [6.45, 7) is 3.90. The van der Waals surface area contributed by atoms with Crippen LogP contribution >= 0.6 is 0 Å². The molecule has 0 aromatic carbocycles. The molecule has 5 heteroatoms. The number of carboxylic acid groups (broad SMARTS) is 1. The monoisotopic (exact) mass is 265 g/mol. The lowest BCUT2D eigenvalue weighted by Gasteiger charge is -2.34. The maximum Gasteiger partial charge on any atom is 0.304 e. The lowest BCUT2D eigenvalue weighted by Crippen LogP contribution is -2.40. The van der Waals surface area contributed by atoms with Crippen molar-refractivity contribution < 1.29 is 9.90 Å². The molecular formula is C14H23N3O2. The third-order valence-electron chi connectivity index (χ3n) is 3.91. The molecule has 0 saturated carbocycles. The minimum Gasteiger partial charge on any atom is -0.481 e. The zero-order valence-electron chi connectivity index (χ0n) is 11.8. The molecule has 1 aliphatic heterocycles. The van der Waals surface area contributed by atoms with Gasteiger partial charge in [-0.1, -0.05) is 13.3 Å². The van der Waals surface area contributed by atoms with E-state index in [4.69, 9.17) is 5.11 Å². The number of likely N-dealkylation sites (tertiary alicyclic amines) is 1. The lowest BCUT2D eigenvalue weighted by atomic mass is 9.99. The Morgan fingerprint density at radius 3 is 2.95 bits per heavy atom. The minimum absolute atomic E-state index is 0.172. The average molecular weight is 265 g/mol. The Bertz CT molecular complexity index is 442. The van der Waals surface area contributed by atoms with Gasteiger partial charge in [-0.05, 0) is 31.9 Å². The Morgan fingerprint density at radius 1 is 1.53 bits per heavy atom. The van der Waals surface area contributed by atoms with Crippen LogP contribution in [0.3, 0.4) is 0 Å². The highest BCUT2D eigenvalue weighted by Gasteiger charge is 2.25. The summed E-state index contributed by atoms with van der Waals surface area (Å²) in [5.74, 6) is -0.698. The second-order valence-corrected chi connectivity index (χ2v) is 5.32. The van der Waals surface area contributed by atoms with Crippen LogP contribution in [0.15, 0.2) is 6.07 Å². The van der Waals surface area contributed by atoms with Gasteiger partial charge in [0.15, 0.2) is 0 Å². The molecule has 1 aliphatic rings. The fourth-order valence-corrected chi connectivity index (χ4v) is 2.80. The van der Waals surface area contributed by atoms with Gasteiger partial charge in [0.25, 0.3) is 0 Å². The van der Waals surface area contributed by atoms with Crippen molar-refractivity contribution in [2.24, 2.45) is 7.05 Å². The number of piperidine rings is 1. The number of carbonyl (C=O) groups is 1. The van der Waals surface area contributed by atoms with E-state index < -0.39 is 5.97 Å². The highest BCUT2D eigenvalue weighted by Crippen LogP contribution is 2.22. The van der Waals surface area contributed by atoms with Gasteiger partial charge in [0.1, 0.15) is 0 Å². The van der Waals surface area contributed by atoms with Crippen LogP contribution in [0.5, 0.6) is 0 Å². The van der Waals surface area contributed by atoms with Crippen molar-refractivity contribution >= 4 is 5.97 Å². The summed E-state index contributed by atoms with van der Waals surface area (Å²) in [6.07, 6.45) is 4.48. The maximum absolute atomic E-state index is 10.9. The second kappa shape index (κ2) is 6.19. The highest BCUT2D eigenvalue weighted by atomic mass is 16.4. The number of nitrogens with zero attached hydrogens (tertiary/aromatic N) is 3. The van der Waals surface area contributed by atoms with Crippen molar-refractivity contribution in [2.75, 3.05) is 6.54 Å². The van der Waals surface area contributed by atoms with E-state index in [0.29, 0.717) is 0 Å². The highest BCUT2D eigenvalue weighted by molar-refractivity contribution is 5.67. The predicted molar refractivity (Wildman–Crippen MR) is 72.9 cm³/mol. The first-order chi connectivity index (χ1) is 9.10. The Morgan fingerprint density at radius 2 is 2.32 bits per heavy atom. The van der Waals surface area contributed by atoms with Crippen LogP contribution in [-0.4, -0.2) is 38.3 Å². The van der Waals surface area contributed by atoms with Crippen LogP contribution in [-0.2, 0) is 24.8 Å². The molecule has 2 rings (SSSR count). The van der Waals surface area contributed by atoms with Crippen molar-refractivity contribution in [3.8, 4) is 0 Å². The average Bonchev–Trinajstić information content (AvgIpc) is 2.72. The normalized spacial score (nSPS) is 20.6. The summed E-state index contributed by atoms with van der Waals surface area (Å²) in [5.41, 5.74) is 2.28. The zero-order chi connectivity index (χ0) is 13.8. The van der Waals surface area contributed by atoms with Crippen molar-refractivity contribution in [2.45, 2.75) is 51.6 Å². The van der Waals surface area contributed by atoms with E-state index in [0.717, 1.165) is 44.5 Å². The van der Waals surface area contributed by atoms with Crippen LogP contribution in [0, 0.1) is 0 Å². The standard InChI is InChI=1S/C14H23N3O2/c1-3-11-8-13(16(2)15-11)10-17-7-5-4-6-12(17)9-14(18)19/h8,12H,3-7,9-10H2,1-2H3,(H,18,19). The molecule has 1 unspecified atom stereocenters. The molecule has 2 heterocycles. The van der Waals surface area contributed by atoms with Crippen molar-refractivity contribution in [1.29, 1.82) is 0 Å². The van der Waals surface area contributed by atoms with Crippen molar-refractivity contribution in [3.05, 3.63) is 17.5 Å². The molecule has 1 N–H and O–H groups in total. The molecule has 0 bridgehead atoms. The number of rotatable bonds is 5. The molecule has 5 nitrogen and oxygen atoms in total. The molecular weight excluding hydrogens is 242 g/mol. The first-order valence-electron chi connectivity index (χ1n) is 7.07. The molecule has 106 valence electrons. The third-order valence-corrected chi connectivity index (χ3v) is 3.91. The van der Waals surface area contributed by atoms with Crippen LogP contribution in [0.2, 0.25) is 0 Å². The largest absolute Gasteiger partial charge is 0.481 e. The fraction of sp³-hybridized carbons (Fsp3) is 0.714. The summed E-state index contributed by atoms with van der Waals surface area (Å²) in [4.78, 5) is 13.2. The number of carboxylic acids is 1. The maximum atomic E-state index is 10.9. The number of aliphatic carboxylic acids is 1. The molecule has 0 spiro atoms.